The van der Waals surface area contributed by atoms with Crippen LogP contribution in [0.5, 0.6) is 0 Å². The monoisotopic (exact) mass is 350 g/mol. The van der Waals surface area contributed by atoms with Gasteiger partial charge in [-0.1, -0.05) is 48.5 Å². The topological polar surface area (TPSA) is 58.2 Å². The summed E-state index contributed by atoms with van der Waals surface area (Å²) in [6, 6.07) is 16.2. The van der Waals surface area contributed by atoms with Crippen LogP contribution >= 0.6 is 0 Å². The molecule has 2 amide bonds. The summed E-state index contributed by atoms with van der Waals surface area (Å²) in [6.45, 7) is 4.61. The highest BCUT2D eigenvalue weighted by molar-refractivity contribution is 6.00. The number of anilines is 1. The summed E-state index contributed by atoms with van der Waals surface area (Å²) < 4.78 is 0. The van der Waals surface area contributed by atoms with Gasteiger partial charge in [-0.25, -0.2) is 0 Å². The van der Waals surface area contributed by atoms with Crippen molar-refractivity contribution in [3.8, 4) is 0 Å². The smallest absolute Gasteiger partial charge is 0.228 e. The van der Waals surface area contributed by atoms with E-state index in [1.54, 1.807) is 0 Å². The van der Waals surface area contributed by atoms with Crippen molar-refractivity contribution in [2.24, 2.45) is 11.8 Å². The normalized spacial score (nSPS) is 18.2. The molecule has 2 N–H and O–H groups in total. The maximum Gasteiger partial charge on any atom is 0.228 e. The van der Waals surface area contributed by atoms with Gasteiger partial charge in [0.05, 0.1) is 11.8 Å². The molecule has 2 atom stereocenters. The van der Waals surface area contributed by atoms with E-state index in [4.69, 9.17) is 0 Å². The zero-order chi connectivity index (χ0) is 18.5. The number of aryl methyl sites for hydroxylation is 3. The largest absolute Gasteiger partial charge is 0.356 e. The molecular weight excluding hydrogens is 324 g/mol. The van der Waals surface area contributed by atoms with Gasteiger partial charge >= 0.3 is 0 Å². The van der Waals surface area contributed by atoms with Crippen LogP contribution in [0, 0.1) is 25.7 Å². The summed E-state index contributed by atoms with van der Waals surface area (Å²) in [5.41, 5.74) is 4.23. The molecule has 1 aliphatic carbocycles. The van der Waals surface area contributed by atoms with Gasteiger partial charge in [-0.2, -0.15) is 0 Å². The summed E-state index contributed by atoms with van der Waals surface area (Å²) >= 11 is 0. The minimum Gasteiger partial charge on any atom is -0.356 e. The molecule has 136 valence electrons. The Morgan fingerprint density at radius 3 is 2.27 bits per heavy atom. The Balaban J connectivity index is 1.41. The van der Waals surface area contributed by atoms with E-state index in [1.807, 2.05) is 50.2 Å². The van der Waals surface area contributed by atoms with E-state index in [0.29, 0.717) is 13.0 Å². The van der Waals surface area contributed by atoms with Crippen molar-refractivity contribution in [3.63, 3.8) is 0 Å². The van der Waals surface area contributed by atoms with Crippen LogP contribution in [-0.4, -0.2) is 18.4 Å². The van der Waals surface area contributed by atoms with Crippen LogP contribution in [0.3, 0.4) is 0 Å². The van der Waals surface area contributed by atoms with Crippen LogP contribution in [0.4, 0.5) is 5.69 Å². The fourth-order valence-corrected chi connectivity index (χ4v) is 3.28. The van der Waals surface area contributed by atoms with Gasteiger partial charge in [0.15, 0.2) is 0 Å². The quantitative estimate of drug-likeness (QED) is 0.749. The first kappa shape index (κ1) is 18.2. The van der Waals surface area contributed by atoms with Crippen LogP contribution in [0.2, 0.25) is 0 Å². The predicted molar refractivity (Wildman–Crippen MR) is 104 cm³/mol. The summed E-state index contributed by atoms with van der Waals surface area (Å²) in [5.74, 6) is -0.439. The van der Waals surface area contributed by atoms with Crippen molar-refractivity contribution < 1.29 is 9.59 Å². The van der Waals surface area contributed by atoms with Crippen LogP contribution in [-0.2, 0) is 16.0 Å². The summed E-state index contributed by atoms with van der Waals surface area (Å²) in [6.07, 6.45) is 2.49. The third-order valence-corrected chi connectivity index (χ3v) is 4.98. The average molecular weight is 350 g/mol. The van der Waals surface area contributed by atoms with E-state index in [2.05, 4.69) is 22.8 Å². The third kappa shape index (κ3) is 4.51. The Morgan fingerprint density at radius 2 is 1.58 bits per heavy atom. The molecule has 2 unspecified atom stereocenters. The Bertz CT molecular complexity index is 766. The number of hydrogen-bond donors (Lipinski definition) is 2. The number of amides is 2. The van der Waals surface area contributed by atoms with Gasteiger partial charge in [-0.15, -0.1) is 0 Å². The first-order valence-electron chi connectivity index (χ1n) is 9.25. The van der Waals surface area contributed by atoms with Crippen molar-refractivity contribution in [2.45, 2.75) is 33.1 Å². The van der Waals surface area contributed by atoms with E-state index >= 15 is 0 Å². The van der Waals surface area contributed by atoms with Crippen molar-refractivity contribution in [1.82, 2.24) is 5.32 Å². The summed E-state index contributed by atoms with van der Waals surface area (Å²) in [4.78, 5) is 24.6. The minimum absolute atomic E-state index is 0.000262. The van der Waals surface area contributed by atoms with Gasteiger partial charge in [0.2, 0.25) is 11.8 Å². The molecule has 0 aliphatic heterocycles. The molecule has 0 aromatic heterocycles. The number of rotatable bonds is 7. The lowest BCUT2D eigenvalue weighted by Crippen LogP contribution is -2.28. The Labute approximate surface area is 155 Å². The molecule has 2 aromatic rings. The lowest BCUT2D eigenvalue weighted by atomic mass is 10.1. The molecule has 0 heterocycles. The highest BCUT2D eigenvalue weighted by Crippen LogP contribution is 2.39. The molecule has 1 aliphatic rings. The standard InChI is InChI=1S/C22H26N2O2/c1-15-8-6-9-16(2)20(15)24-22(26)19-14-18(19)21(25)23-13-7-12-17-10-4-3-5-11-17/h3-6,8-11,18-19H,7,12-14H2,1-2H3,(H,23,25)(H,24,26). The zero-order valence-electron chi connectivity index (χ0n) is 15.4. The molecular formula is C22H26N2O2. The maximum absolute atomic E-state index is 12.4. The molecule has 4 heteroatoms. The molecule has 0 saturated heterocycles. The average Bonchev–Trinajstić information content (AvgIpc) is 3.43. The van der Waals surface area contributed by atoms with E-state index < -0.39 is 0 Å². The number of nitrogens with one attached hydrogen (secondary N) is 2. The van der Waals surface area contributed by atoms with E-state index in [1.165, 1.54) is 5.56 Å². The van der Waals surface area contributed by atoms with Crippen molar-refractivity contribution >= 4 is 17.5 Å². The molecule has 0 spiro atoms. The SMILES string of the molecule is Cc1cccc(C)c1NC(=O)C1CC1C(=O)NCCCc1ccccc1. The first-order chi connectivity index (χ1) is 12.6. The fourth-order valence-electron chi connectivity index (χ4n) is 3.28. The molecule has 4 nitrogen and oxygen atoms in total. The highest BCUT2D eigenvalue weighted by Gasteiger charge is 2.47. The van der Waals surface area contributed by atoms with E-state index in [9.17, 15) is 9.59 Å². The molecule has 3 rings (SSSR count). The minimum atomic E-state index is -0.205. The highest BCUT2D eigenvalue weighted by atomic mass is 16.2. The van der Waals surface area contributed by atoms with Gasteiger partial charge in [-0.05, 0) is 49.8 Å². The molecule has 1 saturated carbocycles. The number of benzene rings is 2. The fraction of sp³-hybridized carbons (Fsp3) is 0.364. The second-order valence-corrected chi connectivity index (χ2v) is 7.08. The lowest BCUT2D eigenvalue weighted by Gasteiger charge is -2.11. The van der Waals surface area contributed by atoms with Crippen molar-refractivity contribution in [2.75, 3.05) is 11.9 Å². The Kier molecular flexibility index (Phi) is 5.71. The van der Waals surface area contributed by atoms with Crippen LogP contribution < -0.4 is 10.6 Å². The molecule has 0 bridgehead atoms. The lowest BCUT2D eigenvalue weighted by molar-refractivity contribution is -0.125. The molecule has 26 heavy (non-hydrogen) atoms. The van der Waals surface area contributed by atoms with Gasteiger partial charge in [0.1, 0.15) is 0 Å². The predicted octanol–water partition coefficient (Wildman–Crippen LogP) is 3.63. The maximum atomic E-state index is 12.4. The van der Waals surface area contributed by atoms with Gasteiger partial charge in [0, 0.05) is 12.2 Å². The number of hydrogen-bond acceptors (Lipinski definition) is 2. The Hall–Kier alpha value is -2.62. The van der Waals surface area contributed by atoms with Gasteiger partial charge in [0.25, 0.3) is 0 Å². The second-order valence-electron chi connectivity index (χ2n) is 7.08. The van der Waals surface area contributed by atoms with Crippen molar-refractivity contribution in [3.05, 3.63) is 65.2 Å². The summed E-state index contributed by atoms with van der Waals surface area (Å²) in [7, 11) is 0. The molecule has 1 fully saturated rings. The van der Waals surface area contributed by atoms with Gasteiger partial charge < -0.3 is 10.6 Å². The first-order valence-corrected chi connectivity index (χ1v) is 9.25. The van der Waals surface area contributed by atoms with E-state index in [0.717, 1.165) is 29.7 Å². The number of para-hydroxylation sites is 1. The van der Waals surface area contributed by atoms with Crippen LogP contribution in [0.1, 0.15) is 29.5 Å². The third-order valence-electron chi connectivity index (χ3n) is 4.98. The number of carbonyl (C=O) groups is 2. The summed E-state index contributed by atoms with van der Waals surface area (Å²) in [5, 5.41) is 5.96. The molecule has 2 aromatic carbocycles. The van der Waals surface area contributed by atoms with Crippen molar-refractivity contribution in [1.29, 1.82) is 0 Å². The van der Waals surface area contributed by atoms with Crippen LogP contribution in [0.25, 0.3) is 0 Å². The van der Waals surface area contributed by atoms with E-state index in [-0.39, 0.29) is 23.7 Å². The zero-order valence-corrected chi connectivity index (χ0v) is 15.4. The van der Waals surface area contributed by atoms with Crippen LogP contribution in [0.15, 0.2) is 48.5 Å². The number of carbonyl (C=O) groups excluding carboxylic acids is 2. The second kappa shape index (κ2) is 8.17. The Morgan fingerprint density at radius 1 is 0.923 bits per heavy atom. The van der Waals surface area contributed by atoms with Gasteiger partial charge in [-0.3, -0.25) is 9.59 Å². The molecule has 0 radical (unpaired) electrons.